The molecule has 2 saturated heterocycles. The minimum Gasteiger partial charge on any atom is -0.342 e. The molecule has 5 heteroatoms. The molecule has 3 fully saturated rings. The van der Waals surface area contributed by atoms with Crippen LogP contribution >= 0.6 is 0 Å². The van der Waals surface area contributed by atoms with Gasteiger partial charge in [0.1, 0.15) is 11.6 Å². The fourth-order valence-corrected chi connectivity index (χ4v) is 3.88. The molecule has 4 rings (SSSR count). The maximum Gasteiger partial charge on any atom is 0.226 e. The number of carbonyl (C=O) groups is 1. The highest BCUT2D eigenvalue weighted by molar-refractivity contribution is 5.83. The first-order chi connectivity index (χ1) is 10.1. The second kappa shape index (κ2) is 4.77. The van der Waals surface area contributed by atoms with E-state index >= 15 is 0 Å². The van der Waals surface area contributed by atoms with Crippen molar-refractivity contribution < 1.29 is 13.6 Å². The number of nitrogens with one attached hydrogen (secondary N) is 1. The summed E-state index contributed by atoms with van der Waals surface area (Å²) >= 11 is 0. The SMILES string of the molecule is O=C(C1CC1c1ccc(F)cc1F)N1C[C@H]2CNC[C@H]2C1. The van der Waals surface area contributed by atoms with Gasteiger partial charge in [0.2, 0.25) is 5.91 Å². The van der Waals surface area contributed by atoms with Crippen molar-refractivity contribution in [1.82, 2.24) is 10.2 Å². The highest BCUT2D eigenvalue weighted by Crippen LogP contribution is 2.50. The van der Waals surface area contributed by atoms with Crippen molar-refractivity contribution in [3.63, 3.8) is 0 Å². The molecule has 3 aliphatic rings. The third-order valence-corrected chi connectivity index (χ3v) is 5.17. The Morgan fingerprint density at radius 1 is 1.19 bits per heavy atom. The second-order valence-electron chi connectivity index (χ2n) is 6.54. The molecule has 2 aliphatic heterocycles. The predicted molar refractivity (Wildman–Crippen MR) is 73.6 cm³/mol. The lowest BCUT2D eigenvalue weighted by Gasteiger charge is -2.17. The molecule has 1 aromatic carbocycles. The summed E-state index contributed by atoms with van der Waals surface area (Å²) in [6, 6.07) is 3.65. The van der Waals surface area contributed by atoms with E-state index in [1.165, 1.54) is 12.1 Å². The van der Waals surface area contributed by atoms with E-state index < -0.39 is 11.6 Å². The van der Waals surface area contributed by atoms with Gasteiger partial charge in [0.05, 0.1) is 0 Å². The average molecular weight is 292 g/mol. The smallest absolute Gasteiger partial charge is 0.226 e. The van der Waals surface area contributed by atoms with Crippen LogP contribution in [0, 0.1) is 29.4 Å². The number of nitrogens with zero attached hydrogens (tertiary/aromatic N) is 1. The number of likely N-dealkylation sites (tertiary alicyclic amines) is 1. The van der Waals surface area contributed by atoms with Gasteiger partial charge in [-0.15, -0.1) is 0 Å². The zero-order chi connectivity index (χ0) is 14.6. The van der Waals surface area contributed by atoms with Gasteiger partial charge in [0, 0.05) is 38.2 Å². The molecular weight excluding hydrogens is 274 g/mol. The monoisotopic (exact) mass is 292 g/mol. The maximum absolute atomic E-state index is 13.8. The molecule has 112 valence electrons. The zero-order valence-electron chi connectivity index (χ0n) is 11.7. The molecule has 1 saturated carbocycles. The highest BCUT2D eigenvalue weighted by atomic mass is 19.1. The quantitative estimate of drug-likeness (QED) is 0.900. The van der Waals surface area contributed by atoms with Crippen molar-refractivity contribution in [2.75, 3.05) is 26.2 Å². The third kappa shape index (κ3) is 2.24. The fourth-order valence-electron chi connectivity index (χ4n) is 3.88. The van der Waals surface area contributed by atoms with Gasteiger partial charge in [-0.1, -0.05) is 6.07 Å². The molecule has 0 bridgehead atoms. The number of amides is 1. The van der Waals surface area contributed by atoms with E-state index in [-0.39, 0.29) is 17.7 Å². The maximum atomic E-state index is 13.8. The molecular formula is C16H18F2N2O. The summed E-state index contributed by atoms with van der Waals surface area (Å²) in [7, 11) is 0. The number of rotatable bonds is 2. The minimum absolute atomic E-state index is 0.0725. The molecule has 1 amide bonds. The summed E-state index contributed by atoms with van der Waals surface area (Å²) < 4.78 is 26.7. The Hall–Kier alpha value is -1.49. The van der Waals surface area contributed by atoms with Crippen molar-refractivity contribution in [3.05, 3.63) is 35.4 Å². The van der Waals surface area contributed by atoms with Crippen LogP contribution in [0.2, 0.25) is 0 Å². The number of carbonyl (C=O) groups excluding carboxylic acids is 1. The Kier molecular flexibility index (Phi) is 2.99. The molecule has 2 heterocycles. The van der Waals surface area contributed by atoms with E-state index in [2.05, 4.69) is 5.32 Å². The topological polar surface area (TPSA) is 32.3 Å². The van der Waals surface area contributed by atoms with Crippen LogP contribution in [0.4, 0.5) is 8.78 Å². The Balaban J connectivity index is 1.43. The van der Waals surface area contributed by atoms with Gasteiger partial charge in [0.15, 0.2) is 0 Å². The zero-order valence-corrected chi connectivity index (χ0v) is 11.7. The lowest BCUT2D eigenvalue weighted by Crippen LogP contribution is -2.33. The van der Waals surface area contributed by atoms with Crippen molar-refractivity contribution in [2.24, 2.45) is 17.8 Å². The van der Waals surface area contributed by atoms with Crippen LogP contribution in [0.3, 0.4) is 0 Å². The van der Waals surface area contributed by atoms with Crippen LogP contribution < -0.4 is 5.32 Å². The number of halogens is 2. The third-order valence-electron chi connectivity index (χ3n) is 5.17. The Bertz CT molecular complexity index is 580. The summed E-state index contributed by atoms with van der Waals surface area (Å²) in [6.45, 7) is 3.64. The second-order valence-corrected chi connectivity index (χ2v) is 6.54. The molecule has 0 spiro atoms. The summed E-state index contributed by atoms with van der Waals surface area (Å²) in [6.07, 6.45) is 0.686. The van der Waals surface area contributed by atoms with Gasteiger partial charge in [-0.25, -0.2) is 8.78 Å². The van der Waals surface area contributed by atoms with Gasteiger partial charge in [0.25, 0.3) is 0 Å². The number of fused-ring (bicyclic) bond motifs is 1. The normalized spacial score (nSPS) is 34.1. The lowest BCUT2D eigenvalue weighted by molar-refractivity contribution is -0.131. The van der Waals surface area contributed by atoms with E-state index in [0.717, 1.165) is 32.2 Å². The van der Waals surface area contributed by atoms with Crippen LogP contribution in [0.25, 0.3) is 0 Å². The molecule has 0 radical (unpaired) electrons. The molecule has 3 nitrogen and oxygen atoms in total. The number of hydrogen-bond acceptors (Lipinski definition) is 2. The molecule has 4 atom stereocenters. The van der Waals surface area contributed by atoms with E-state index in [9.17, 15) is 13.6 Å². The minimum atomic E-state index is -0.570. The molecule has 1 aromatic rings. The summed E-state index contributed by atoms with van der Waals surface area (Å²) in [5, 5.41) is 3.35. The van der Waals surface area contributed by atoms with Gasteiger partial charge >= 0.3 is 0 Å². The molecule has 21 heavy (non-hydrogen) atoms. The summed E-state index contributed by atoms with van der Waals surface area (Å²) in [5.74, 6) is 0.0198. The highest BCUT2D eigenvalue weighted by Gasteiger charge is 2.49. The van der Waals surface area contributed by atoms with E-state index in [1.807, 2.05) is 4.90 Å². The average Bonchev–Trinajstić information content (AvgIpc) is 2.91. The predicted octanol–water partition coefficient (Wildman–Crippen LogP) is 1.75. The molecule has 0 aromatic heterocycles. The first kappa shape index (κ1) is 13.2. The Morgan fingerprint density at radius 3 is 2.57 bits per heavy atom. The van der Waals surface area contributed by atoms with Crippen molar-refractivity contribution in [1.29, 1.82) is 0 Å². The standard InChI is InChI=1S/C16H18F2N2O/c17-11-1-2-12(15(18)3-11)13-4-14(13)16(21)20-7-9-5-19-6-10(9)8-20/h1-3,9-10,13-14,19H,4-8H2/t9-,10+,13?,14?. The number of hydrogen-bond donors (Lipinski definition) is 1. The van der Waals surface area contributed by atoms with Crippen LogP contribution in [-0.4, -0.2) is 37.0 Å². The van der Waals surface area contributed by atoms with Crippen molar-refractivity contribution >= 4 is 5.91 Å². The Labute approximate surface area is 122 Å². The van der Waals surface area contributed by atoms with E-state index in [0.29, 0.717) is 23.8 Å². The largest absolute Gasteiger partial charge is 0.342 e. The van der Waals surface area contributed by atoms with Crippen molar-refractivity contribution in [3.8, 4) is 0 Å². The van der Waals surface area contributed by atoms with Gasteiger partial charge in [-0.3, -0.25) is 4.79 Å². The van der Waals surface area contributed by atoms with Crippen LogP contribution in [-0.2, 0) is 4.79 Å². The van der Waals surface area contributed by atoms with Crippen LogP contribution in [0.1, 0.15) is 17.9 Å². The summed E-state index contributed by atoms with van der Waals surface area (Å²) in [4.78, 5) is 14.5. The molecule has 2 unspecified atom stereocenters. The number of benzene rings is 1. The van der Waals surface area contributed by atoms with E-state index in [1.54, 1.807) is 0 Å². The fraction of sp³-hybridized carbons (Fsp3) is 0.562. The molecule has 1 N–H and O–H groups in total. The van der Waals surface area contributed by atoms with Gasteiger partial charge in [-0.2, -0.15) is 0 Å². The van der Waals surface area contributed by atoms with Gasteiger partial charge in [-0.05, 0) is 35.8 Å². The van der Waals surface area contributed by atoms with Crippen LogP contribution in [0.15, 0.2) is 18.2 Å². The first-order valence-electron chi connectivity index (χ1n) is 7.58. The van der Waals surface area contributed by atoms with E-state index in [4.69, 9.17) is 0 Å². The van der Waals surface area contributed by atoms with Crippen LogP contribution in [0.5, 0.6) is 0 Å². The molecule has 1 aliphatic carbocycles. The first-order valence-corrected chi connectivity index (χ1v) is 7.58. The lowest BCUT2D eigenvalue weighted by atomic mass is 10.0. The summed E-state index contributed by atoms with van der Waals surface area (Å²) in [5.41, 5.74) is 0.482. The van der Waals surface area contributed by atoms with Gasteiger partial charge < -0.3 is 10.2 Å². The van der Waals surface area contributed by atoms with Crippen molar-refractivity contribution in [2.45, 2.75) is 12.3 Å². The Morgan fingerprint density at radius 2 is 1.90 bits per heavy atom.